The third kappa shape index (κ3) is 2.14. The summed E-state index contributed by atoms with van der Waals surface area (Å²) in [6.45, 7) is 1.03. The minimum atomic E-state index is -0.539. The van der Waals surface area contributed by atoms with Crippen molar-refractivity contribution in [2.75, 3.05) is 0 Å². The highest BCUT2D eigenvalue weighted by molar-refractivity contribution is 5.25. The van der Waals surface area contributed by atoms with E-state index in [0.717, 1.165) is 30.4 Å². The maximum absolute atomic E-state index is 13.8. The second kappa shape index (κ2) is 4.74. The van der Waals surface area contributed by atoms with E-state index in [-0.39, 0.29) is 5.92 Å². The zero-order chi connectivity index (χ0) is 13.4. The van der Waals surface area contributed by atoms with E-state index in [9.17, 15) is 8.78 Å². The average molecular weight is 263 g/mol. The summed E-state index contributed by atoms with van der Waals surface area (Å²) >= 11 is 0. The van der Waals surface area contributed by atoms with Crippen molar-refractivity contribution in [1.82, 2.24) is 9.55 Å². The lowest BCUT2D eigenvalue weighted by Crippen LogP contribution is -2.22. The highest BCUT2D eigenvalue weighted by atomic mass is 19.1. The van der Waals surface area contributed by atoms with Crippen molar-refractivity contribution < 1.29 is 8.78 Å². The number of imidazole rings is 1. The number of nitrogens with two attached hydrogens (primary N) is 1. The first-order valence-electron chi connectivity index (χ1n) is 6.37. The van der Waals surface area contributed by atoms with Crippen molar-refractivity contribution in [2.24, 2.45) is 5.73 Å². The lowest BCUT2D eigenvalue weighted by molar-refractivity contribution is 0.434. The Morgan fingerprint density at radius 2 is 2.21 bits per heavy atom. The predicted octanol–water partition coefficient (Wildman–Crippen LogP) is 2.35. The second-order valence-electron chi connectivity index (χ2n) is 4.88. The SMILES string of the molecule is NCc1ncc2n1CC(c1ccc(F)cc1F)CC2. The molecule has 1 unspecified atom stereocenters. The zero-order valence-corrected chi connectivity index (χ0v) is 10.4. The van der Waals surface area contributed by atoms with E-state index in [1.54, 1.807) is 6.07 Å². The van der Waals surface area contributed by atoms with Gasteiger partial charge in [-0.05, 0) is 24.5 Å². The lowest BCUT2D eigenvalue weighted by Gasteiger charge is -2.26. The molecule has 0 spiro atoms. The quantitative estimate of drug-likeness (QED) is 0.903. The Morgan fingerprint density at radius 3 is 2.95 bits per heavy atom. The minimum absolute atomic E-state index is 0.0487. The van der Waals surface area contributed by atoms with Gasteiger partial charge in [-0.15, -0.1) is 0 Å². The van der Waals surface area contributed by atoms with Gasteiger partial charge in [-0.1, -0.05) is 6.07 Å². The molecule has 2 heterocycles. The molecular weight excluding hydrogens is 248 g/mol. The van der Waals surface area contributed by atoms with Gasteiger partial charge in [0.25, 0.3) is 0 Å². The second-order valence-corrected chi connectivity index (χ2v) is 4.88. The van der Waals surface area contributed by atoms with Gasteiger partial charge in [0.1, 0.15) is 17.5 Å². The maximum Gasteiger partial charge on any atom is 0.129 e. The van der Waals surface area contributed by atoms with Gasteiger partial charge in [-0.25, -0.2) is 13.8 Å². The van der Waals surface area contributed by atoms with Crippen LogP contribution >= 0.6 is 0 Å². The van der Waals surface area contributed by atoms with Crippen molar-refractivity contribution in [3.05, 3.63) is 53.1 Å². The Labute approximate surface area is 110 Å². The molecule has 0 saturated heterocycles. The molecule has 1 aromatic heterocycles. The molecule has 0 saturated carbocycles. The summed E-state index contributed by atoms with van der Waals surface area (Å²) in [4.78, 5) is 4.27. The van der Waals surface area contributed by atoms with Crippen molar-refractivity contribution in [2.45, 2.75) is 31.8 Å². The number of halogens is 2. The molecule has 0 aliphatic carbocycles. The third-order valence-electron chi connectivity index (χ3n) is 3.76. The number of fused-ring (bicyclic) bond motifs is 1. The van der Waals surface area contributed by atoms with Gasteiger partial charge in [0.05, 0.1) is 6.54 Å². The molecule has 1 aliphatic rings. The van der Waals surface area contributed by atoms with Crippen LogP contribution in [0.3, 0.4) is 0 Å². The van der Waals surface area contributed by atoms with Crippen molar-refractivity contribution in [3.63, 3.8) is 0 Å². The highest BCUT2D eigenvalue weighted by Crippen LogP contribution is 2.31. The molecule has 1 atom stereocenters. The fourth-order valence-corrected chi connectivity index (χ4v) is 2.76. The number of benzene rings is 1. The molecule has 1 aliphatic heterocycles. The molecule has 0 bridgehead atoms. The van der Waals surface area contributed by atoms with Crippen LogP contribution in [0.1, 0.15) is 29.4 Å². The summed E-state index contributed by atoms with van der Waals surface area (Å²) in [5.74, 6) is -0.138. The molecule has 2 aromatic rings. The van der Waals surface area contributed by atoms with Crippen LogP contribution in [0.4, 0.5) is 8.78 Å². The van der Waals surface area contributed by atoms with Crippen molar-refractivity contribution in [3.8, 4) is 0 Å². The van der Waals surface area contributed by atoms with E-state index >= 15 is 0 Å². The van der Waals surface area contributed by atoms with E-state index in [2.05, 4.69) is 9.55 Å². The molecule has 19 heavy (non-hydrogen) atoms. The molecule has 0 fully saturated rings. The molecule has 3 nitrogen and oxygen atoms in total. The van der Waals surface area contributed by atoms with E-state index in [0.29, 0.717) is 18.7 Å². The Hall–Kier alpha value is -1.75. The smallest absolute Gasteiger partial charge is 0.129 e. The molecular formula is C14H15F2N3. The Bertz CT molecular complexity index is 593. The maximum atomic E-state index is 13.8. The van der Waals surface area contributed by atoms with E-state index in [4.69, 9.17) is 5.73 Å². The van der Waals surface area contributed by atoms with E-state index in [1.165, 1.54) is 6.07 Å². The Balaban J connectivity index is 1.92. The summed E-state index contributed by atoms with van der Waals surface area (Å²) in [6.07, 6.45) is 3.52. The first kappa shape index (κ1) is 12.3. The Kier molecular flexibility index (Phi) is 3.06. The van der Waals surface area contributed by atoms with E-state index in [1.807, 2.05) is 6.20 Å². The van der Waals surface area contributed by atoms with Gasteiger partial charge in [-0.3, -0.25) is 0 Å². The first-order chi connectivity index (χ1) is 9.19. The van der Waals surface area contributed by atoms with Crippen LogP contribution in [0.2, 0.25) is 0 Å². The van der Waals surface area contributed by atoms with Crippen LogP contribution < -0.4 is 5.73 Å². The van der Waals surface area contributed by atoms with Crippen LogP contribution in [0.5, 0.6) is 0 Å². The van der Waals surface area contributed by atoms with Crippen molar-refractivity contribution >= 4 is 0 Å². The number of aryl methyl sites for hydroxylation is 1. The fourth-order valence-electron chi connectivity index (χ4n) is 2.76. The third-order valence-corrected chi connectivity index (χ3v) is 3.76. The zero-order valence-electron chi connectivity index (χ0n) is 10.4. The average Bonchev–Trinajstić information content (AvgIpc) is 2.80. The number of aromatic nitrogens is 2. The first-order valence-corrected chi connectivity index (χ1v) is 6.37. The minimum Gasteiger partial charge on any atom is -0.330 e. The lowest BCUT2D eigenvalue weighted by atomic mass is 9.90. The summed E-state index contributed by atoms with van der Waals surface area (Å²) in [5.41, 5.74) is 7.36. The van der Waals surface area contributed by atoms with Crippen molar-refractivity contribution in [1.29, 1.82) is 0 Å². The molecule has 0 radical (unpaired) electrons. The highest BCUT2D eigenvalue weighted by Gasteiger charge is 2.24. The van der Waals surface area contributed by atoms with Gasteiger partial charge >= 0.3 is 0 Å². The van der Waals surface area contributed by atoms with Crippen LogP contribution in [0.25, 0.3) is 0 Å². The monoisotopic (exact) mass is 263 g/mol. The van der Waals surface area contributed by atoms with Gasteiger partial charge in [0, 0.05) is 30.4 Å². The topological polar surface area (TPSA) is 43.8 Å². The Morgan fingerprint density at radius 1 is 1.37 bits per heavy atom. The number of hydrogen-bond donors (Lipinski definition) is 1. The molecule has 1 aromatic carbocycles. The number of rotatable bonds is 2. The summed E-state index contributed by atoms with van der Waals surface area (Å²) in [5, 5.41) is 0. The molecule has 5 heteroatoms. The summed E-state index contributed by atoms with van der Waals surface area (Å²) < 4.78 is 28.8. The summed E-state index contributed by atoms with van der Waals surface area (Å²) in [7, 11) is 0. The molecule has 3 rings (SSSR count). The molecule has 2 N–H and O–H groups in total. The molecule has 100 valence electrons. The summed E-state index contributed by atoms with van der Waals surface area (Å²) in [6, 6.07) is 3.80. The van der Waals surface area contributed by atoms with Gasteiger partial charge in [0.15, 0.2) is 0 Å². The predicted molar refractivity (Wildman–Crippen MR) is 67.5 cm³/mol. The van der Waals surface area contributed by atoms with Crippen LogP contribution in [0.15, 0.2) is 24.4 Å². The standard InChI is InChI=1S/C14H15F2N3/c15-10-2-4-12(13(16)5-10)9-1-3-11-7-18-14(6-17)19(11)8-9/h2,4-5,7,9H,1,3,6,8,17H2. The number of nitrogens with zero attached hydrogens (tertiary/aromatic N) is 2. The van der Waals surface area contributed by atoms with Gasteiger partial charge in [0.2, 0.25) is 0 Å². The molecule has 0 amide bonds. The fraction of sp³-hybridized carbons (Fsp3) is 0.357. The van der Waals surface area contributed by atoms with Gasteiger partial charge < -0.3 is 10.3 Å². The normalized spacial score (nSPS) is 18.4. The van der Waals surface area contributed by atoms with Crippen LogP contribution in [-0.2, 0) is 19.5 Å². The van der Waals surface area contributed by atoms with Crippen LogP contribution in [-0.4, -0.2) is 9.55 Å². The number of hydrogen-bond acceptors (Lipinski definition) is 2. The van der Waals surface area contributed by atoms with E-state index < -0.39 is 11.6 Å². The largest absolute Gasteiger partial charge is 0.330 e. The van der Waals surface area contributed by atoms with Gasteiger partial charge in [-0.2, -0.15) is 0 Å². The van der Waals surface area contributed by atoms with Crippen LogP contribution in [0, 0.1) is 11.6 Å².